The van der Waals surface area contributed by atoms with Gasteiger partial charge in [-0.1, -0.05) is 12.1 Å². The van der Waals surface area contributed by atoms with Crippen LogP contribution in [0.4, 0.5) is 0 Å². The van der Waals surface area contributed by atoms with Crippen molar-refractivity contribution in [1.29, 1.82) is 0 Å². The standard InChI is InChI=1S/C20H24N2O3/c1-24-18-7-6-14(9-19(18)25-2)10-21-11-15-8-16(13-21)17-4-3-5-20(23)22(17)12-15/h3-7,9,15-16H,8,10-13H2,1-2H3/t15-,16+/m1/s1. The Morgan fingerprint density at radius 3 is 2.68 bits per heavy atom. The molecule has 25 heavy (non-hydrogen) atoms. The number of methoxy groups -OCH3 is 2. The lowest BCUT2D eigenvalue weighted by Crippen LogP contribution is -2.46. The van der Waals surface area contributed by atoms with Gasteiger partial charge in [-0.15, -0.1) is 0 Å². The van der Waals surface area contributed by atoms with Crippen molar-refractivity contribution >= 4 is 0 Å². The van der Waals surface area contributed by atoms with Gasteiger partial charge >= 0.3 is 0 Å². The molecule has 0 N–H and O–H groups in total. The number of nitrogens with zero attached hydrogens (tertiary/aromatic N) is 2. The summed E-state index contributed by atoms with van der Waals surface area (Å²) in [6.07, 6.45) is 1.19. The number of rotatable bonds is 4. The summed E-state index contributed by atoms with van der Waals surface area (Å²) in [6.45, 7) is 3.76. The second kappa shape index (κ2) is 6.56. The predicted octanol–water partition coefficient (Wildman–Crippen LogP) is 2.48. The van der Waals surface area contributed by atoms with Crippen molar-refractivity contribution in [3.63, 3.8) is 0 Å². The summed E-state index contributed by atoms with van der Waals surface area (Å²) < 4.78 is 12.7. The molecule has 132 valence electrons. The van der Waals surface area contributed by atoms with Crippen molar-refractivity contribution < 1.29 is 9.47 Å². The molecule has 1 aromatic carbocycles. The van der Waals surface area contributed by atoms with E-state index in [-0.39, 0.29) is 5.56 Å². The average molecular weight is 340 g/mol. The maximum Gasteiger partial charge on any atom is 0.250 e. The highest BCUT2D eigenvalue weighted by Crippen LogP contribution is 2.36. The van der Waals surface area contributed by atoms with Crippen molar-refractivity contribution in [3.05, 3.63) is 58.0 Å². The second-order valence-electron chi connectivity index (χ2n) is 7.08. The first-order valence-electron chi connectivity index (χ1n) is 8.81. The number of fused-ring (bicyclic) bond motifs is 4. The van der Waals surface area contributed by atoms with Crippen LogP contribution >= 0.6 is 0 Å². The number of aromatic nitrogens is 1. The zero-order valence-electron chi connectivity index (χ0n) is 14.8. The quantitative estimate of drug-likeness (QED) is 0.858. The summed E-state index contributed by atoms with van der Waals surface area (Å²) in [7, 11) is 3.32. The Morgan fingerprint density at radius 2 is 1.88 bits per heavy atom. The van der Waals surface area contributed by atoms with Gasteiger partial charge in [0.05, 0.1) is 14.2 Å². The smallest absolute Gasteiger partial charge is 0.250 e. The Labute approximate surface area is 147 Å². The van der Waals surface area contributed by atoms with E-state index in [9.17, 15) is 4.79 Å². The molecule has 1 saturated heterocycles. The molecule has 2 atom stereocenters. The van der Waals surface area contributed by atoms with E-state index in [1.807, 2.05) is 16.7 Å². The van der Waals surface area contributed by atoms with Crippen molar-refractivity contribution in [2.24, 2.45) is 5.92 Å². The van der Waals surface area contributed by atoms with Crippen LogP contribution in [0.1, 0.15) is 23.6 Å². The molecule has 0 unspecified atom stereocenters. The molecule has 2 aliphatic heterocycles. The first-order chi connectivity index (χ1) is 12.2. The number of hydrogen-bond donors (Lipinski definition) is 0. The maximum atomic E-state index is 12.1. The van der Waals surface area contributed by atoms with Gasteiger partial charge in [0.1, 0.15) is 0 Å². The molecule has 1 aromatic heterocycles. The second-order valence-corrected chi connectivity index (χ2v) is 7.08. The molecule has 2 aromatic rings. The molecule has 0 aliphatic carbocycles. The highest BCUT2D eigenvalue weighted by Gasteiger charge is 2.34. The molecule has 4 rings (SSSR count). The Morgan fingerprint density at radius 1 is 1.04 bits per heavy atom. The predicted molar refractivity (Wildman–Crippen MR) is 96.4 cm³/mol. The number of likely N-dealkylation sites (tertiary alicyclic amines) is 1. The monoisotopic (exact) mass is 340 g/mol. The van der Waals surface area contributed by atoms with Crippen LogP contribution in [0.2, 0.25) is 0 Å². The van der Waals surface area contributed by atoms with E-state index in [2.05, 4.69) is 23.1 Å². The van der Waals surface area contributed by atoms with Crippen LogP contribution in [0.5, 0.6) is 11.5 Å². The van der Waals surface area contributed by atoms with Gasteiger partial charge in [-0.25, -0.2) is 0 Å². The van der Waals surface area contributed by atoms with Crippen molar-refractivity contribution in [2.45, 2.75) is 25.4 Å². The third kappa shape index (κ3) is 3.04. The Bertz CT molecular complexity index is 830. The van der Waals surface area contributed by atoms with Gasteiger partial charge in [-0.05, 0) is 36.1 Å². The minimum atomic E-state index is 0.139. The van der Waals surface area contributed by atoms with Gasteiger partial charge in [0.25, 0.3) is 5.56 Å². The van der Waals surface area contributed by atoms with Crippen LogP contribution in [-0.2, 0) is 13.1 Å². The lowest BCUT2D eigenvalue weighted by molar-refractivity contribution is 0.114. The minimum absolute atomic E-state index is 0.139. The number of benzene rings is 1. The molecule has 3 heterocycles. The fraction of sp³-hybridized carbons (Fsp3) is 0.450. The first-order valence-corrected chi connectivity index (χ1v) is 8.81. The summed E-state index contributed by atoms with van der Waals surface area (Å²) in [4.78, 5) is 14.6. The summed E-state index contributed by atoms with van der Waals surface area (Å²) in [5, 5.41) is 0. The average Bonchev–Trinajstić information content (AvgIpc) is 2.62. The van der Waals surface area contributed by atoms with E-state index in [0.717, 1.165) is 37.7 Å². The van der Waals surface area contributed by atoms with Gasteiger partial charge in [0, 0.05) is 43.9 Å². The Hall–Kier alpha value is -2.27. The van der Waals surface area contributed by atoms with Crippen molar-refractivity contribution in [3.8, 4) is 11.5 Å². The summed E-state index contributed by atoms with van der Waals surface area (Å²) in [5.74, 6) is 2.53. The highest BCUT2D eigenvalue weighted by atomic mass is 16.5. The van der Waals surface area contributed by atoms with Crippen LogP contribution in [0.3, 0.4) is 0 Å². The summed E-state index contributed by atoms with van der Waals surface area (Å²) in [5.41, 5.74) is 2.56. The van der Waals surface area contributed by atoms with Crippen LogP contribution in [0.15, 0.2) is 41.2 Å². The molecule has 5 nitrogen and oxygen atoms in total. The van der Waals surface area contributed by atoms with Gasteiger partial charge < -0.3 is 14.0 Å². The van der Waals surface area contributed by atoms with E-state index < -0.39 is 0 Å². The van der Waals surface area contributed by atoms with E-state index in [1.165, 1.54) is 17.7 Å². The van der Waals surface area contributed by atoms with Gasteiger partial charge in [-0.3, -0.25) is 9.69 Å². The number of pyridine rings is 1. The molecule has 0 radical (unpaired) electrons. The molecule has 2 bridgehead atoms. The topological polar surface area (TPSA) is 43.7 Å². The van der Waals surface area contributed by atoms with E-state index >= 15 is 0 Å². The zero-order valence-corrected chi connectivity index (χ0v) is 14.8. The fourth-order valence-corrected chi connectivity index (χ4v) is 4.36. The zero-order chi connectivity index (χ0) is 17.4. The number of hydrogen-bond acceptors (Lipinski definition) is 4. The molecule has 5 heteroatoms. The molecule has 0 amide bonds. The largest absolute Gasteiger partial charge is 0.493 e. The normalized spacial score (nSPS) is 22.3. The lowest BCUT2D eigenvalue weighted by Gasteiger charge is -2.42. The third-order valence-corrected chi connectivity index (χ3v) is 5.41. The highest BCUT2D eigenvalue weighted by molar-refractivity contribution is 5.42. The van der Waals surface area contributed by atoms with Gasteiger partial charge in [0.2, 0.25) is 0 Å². The van der Waals surface area contributed by atoms with Crippen molar-refractivity contribution in [1.82, 2.24) is 9.47 Å². The molecule has 0 spiro atoms. The molecule has 1 fully saturated rings. The summed E-state index contributed by atoms with van der Waals surface area (Å²) >= 11 is 0. The third-order valence-electron chi connectivity index (χ3n) is 5.41. The van der Waals surface area contributed by atoms with Crippen LogP contribution in [0, 0.1) is 5.92 Å². The number of piperidine rings is 1. The lowest BCUT2D eigenvalue weighted by atomic mass is 9.83. The first kappa shape index (κ1) is 16.2. The summed E-state index contributed by atoms with van der Waals surface area (Å²) in [6, 6.07) is 11.8. The van der Waals surface area contributed by atoms with Crippen LogP contribution < -0.4 is 15.0 Å². The minimum Gasteiger partial charge on any atom is -0.493 e. The SMILES string of the molecule is COc1ccc(CN2C[C@H]3C[C@@H](C2)c2cccc(=O)n2C3)cc1OC. The van der Waals surface area contributed by atoms with Crippen LogP contribution in [-0.4, -0.2) is 36.8 Å². The molecular weight excluding hydrogens is 316 g/mol. The maximum absolute atomic E-state index is 12.1. The number of ether oxygens (including phenoxy) is 2. The van der Waals surface area contributed by atoms with Crippen molar-refractivity contribution in [2.75, 3.05) is 27.3 Å². The molecular formula is C20H24N2O3. The van der Waals surface area contributed by atoms with Gasteiger partial charge in [-0.2, -0.15) is 0 Å². The van der Waals surface area contributed by atoms with E-state index in [0.29, 0.717) is 11.8 Å². The van der Waals surface area contributed by atoms with E-state index in [1.54, 1.807) is 20.3 Å². The van der Waals surface area contributed by atoms with Crippen LogP contribution in [0.25, 0.3) is 0 Å². The molecule has 0 saturated carbocycles. The molecule has 2 aliphatic rings. The fourth-order valence-electron chi connectivity index (χ4n) is 4.36. The Kier molecular flexibility index (Phi) is 4.25. The van der Waals surface area contributed by atoms with Gasteiger partial charge in [0.15, 0.2) is 11.5 Å². The Balaban J connectivity index is 1.54. The van der Waals surface area contributed by atoms with E-state index in [4.69, 9.17) is 9.47 Å².